The third-order valence-electron chi connectivity index (χ3n) is 5.09. The summed E-state index contributed by atoms with van der Waals surface area (Å²) in [6.07, 6.45) is 12.0. The van der Waals surface area contributed by atoms with Gasteiger partial charge in [0.1, 0.15) is 0 Å². The molecule has 2 fully saturated rings. The third-order valence-corrected chi connectivity index (χ3v) is 5.09. The summed E-state index contributed by atoms with van der Waals surface area (Å²) >= 11 is 0. The van der Waals surface area contributed by atoms with Crippen molar-refractivity contribution in [2.75, 3.05) is 19.8 Å². The van der Waals surface area contributed by atoms with Gasteiger partial charge in [-0.3, -0.25) is 0 Å². The van der Waals surface area contributed by atoms with Gasteiger partial charge in [0.15, 0.2) is 0 Å². The molecule has 3 nitrogen and oxygen atoms in total. The fourth-order valence-corrected chi connectivity index (χ4v) is 3.85. The van der Waals surface area contributed by atoms with Crippen LogP contribution in [0, 0.1) is 5.92 Å². The molecular weight excluding hydrogens is 238 g/mol. The molecule has 0 aromatic heterocycles. The Bertz CT molecular complexity index is 334. The van der Waals surface area contributed by atoms with Gasteiger partial charge in [0.2, 0.25) is 0 Å². The van der Waals surface area contributed by atoms with Crippen LogP contribution in [0.5, 0.6) is 0 Å². The van der Waals surface area contributed by atoms with E-state index in [-0.39, 0.29) is 5.60 Å². The topological polar surface area (TPSA) is 44.5 Å². The largest absolute Gasteiger partial charge is 0.378 e. The summed E-state index contributed by atoms with van der Waals surface area (Å²) in [5.74, 6) is 0.610. The Balaban J connectivity index is 1.56. The maximum atomic E-state index is 6.49. The lowest BCUT2D eigenvalue weighted by Crippen LogP contribution is -2.45. The van der Waals surface area contributed by atoms with Gasteiger partial charge in [-0.2, -0.15) is 0 Å². The average Bonchev–Trinajstić information content (AvgIpc) is 2.88. The SMILES string of the molecule is NC(CC1=CCCCC1)C1CCOC2(CCOC2)C1. The molecule has 2 saturated heterocycles. The second-order valence-corrected chi connectivity index (χ2v) is 6.56. The van der Waals surface area contributed by atoms with E-state index in [1.807, 2.05) is 0 Å². The lowest BCUT2D eigenvalue weighted by molar-refractivity contribution is -0.101. The molecule has 19 heavy (non-hydrogen) atoms. The number of hydrogen-bond donors (Lipinski definition) is 1. The summed E-state index contributed by atoms with van der Waals surface area (Å²) in [7, 11) is 0. The van der Waals surface area contributed by atoms with Gasteiger partial charge in [-0.25, -0.2) is 0 Å². The van der Waals surface area contributed by atoms with Crippen LogP contribution in [-0.4, -0.2) is 31.5 Å². The van der Waals surface area contributed by atoms with Crippen molar-refractivity contribution >= 4 is 0 Å². The van der Waals surface area contributed by atoms with Gasteiger partial charge in [0, 0.05) is 25.7 Å². The first-order valence-corrected chi connectivity index (χ1v) is 7.93. The molecule has 0 amide bonds. The molecule has 0 aromatic rings. The number of hydrogen-bond acceptors (Lipinski definition) is 3. The molecule has 1 spiro atoms. The molecule has 2 N–H and O–H groups in total. The summed E-state index contributed by atoms with van der Waals surface area (Å²) < 4.78 is 11.5. The van der Waals surface area contributed by atoms with E-state index in [9.17, 15) is 0 Å². The highest BCUT2D eigenvalue weighted by molar-refractivity contribution is 5.08. The van der Waals surface area contributed by atoms with Crippen molar-refractivity contribution in [2.45, 2.75) is 63.0 Å². The molecule has 3 heteroatoms. The zero-order valence-corrected chi connectivity index (χ0v) is 11.9. The molecule has 2 aliphatic heterocycles. The van der Waals surface area contributed by atoms with Crippen LogP contribution in [0.3, 0.4) is 0 Å². The average molecular weight is 265 g/mol. The second kappa shape index (κ2) is 5.94. The predicted molar refractivity (Wildman–Crippen MR) is 76.0 cm³/mol. The molecule has 3 atom stereocenters. The second-order valence-electron chi connectivity index (χ2n) is 6.56. The van der Waals surface area contributed by atoms with Crippen LogP contribution >= 0.6 is 0 Å². The Labute approximate surface area is 116 Å². The minimum absolute atomic E-state index is 0.00147. The molecule has 0 aromatic carbocycles. The van der Waals surface area contributed by atoms with Crippen LogP contribution in [0.2, 0.25) is 0 Å². The van der Waals surface area contributed by atoms with Crippen LogP contribution < -0.4 is 5.73 Å². The van der Waals surface area contributed by atoms with Crippen LogP contribution in [-0.2, 0) is 9.47 Å². The van der Waals surface area contributed by atoms with Crippen molar-refractivity contribution in [3.63, 3.8) is 0 Å². The van der Waals surface area contributed by atoms with Crippen molar-refractivity contribution in [3.8, 4) is 0 Å². The van der Waals surface area contributed by atoms with Gasteiger partial charge in [-0.1, -0.05) is 11.6 Å². The van der Waals surface area contributed by atoms with Crippen LogP contribution in [0.4, 0.5) is 0 Å². The van der Waals surface area contributed by atoms with E-state index < -0.39 is 0 Å². The molecule has 2 heterocycles. The van der Waals surface area contributed by atoms with E-state index in [4.69, 9.17) is 15.2 Å². The van der Waals surface area contributed by atoms with Crippen molar-refractivity contribution in [3.05, 3.63) is 11.6 Å². The lowest BCUT2D eigenvalue weighted by atomic mass is 9.79. The van der Waals surface area contributed by atoms with E-state index >= 15 is 0 Å². The van der Waals surface area contributed by atoms with E-state index in [2.05, 4.69) is 6.08 Å². The Morgan fingerprint density at radius 1 is 1.37 bits per heavy atom. The summed E-state index contributed by atoms with van der Waals surface area (Å²) in [6, 6.07) is 0.311. The monoisotopic (exact) mass is 265 g/mol. The Kier molecular flexibility index (Phi) is 4.25. The summed E-state index contributed by atoms with van der Waals surface area (Å²) in [5, 5.41) is 0. The molecule has 3 aliphatic rings. The quantitative estimate of drug-likeness (QED) is 0.798. The number of rotatable bonds is 3. The van der Waals surface area contributed by atoms with Crippen molar-refractivity contribution < 1.29 is 9.47 Å². The van der Waals surface area contributed by atoms with Gasteiger partial charge in [-0.15, -0.1) is 0 Å². The minimum atomic E-state index is 0.00147. The smallest absolute Gasteiger partial charge is 0.0939 e. The fourth-order valence-electron chi connectivity index (χ4n) is 3.85. The number of nitrogens with two attached hydrogens (primary N) is 1. The zero-order chi connectivity index (χ0) is 13.1. The maximum absolute atomic E-state index is 6.49. The molecule has 3 unspecified atom stereocenters. The summed E-state index contributed by atoms with van der Waals surface area (Å²) in [5.41, 5.74) is 8.09. The highest BCUT2D eigenvalue weighted by atomic mass is 16.6. The van der Waals surface area contributed by atoms with Gasteiger partial charge >= 0.3 is 0 Å². The molecular formula is C16H27NO2. The van der Waals surface area contributed by atoms with Gasteiger partial charge in [0.25, 0.3) is 0 Å². The molecule has 0 radical (unpaired) electrons. The maximum Gasteiger partial charge on any atom is 0.0939 e. The molecule has 1 aliphatic carbocycles. The molecule has 3 rings (SSSR count). The van der Waals surface area contributed by atoms with Gasteiger partial charge < -0.3 is 15.2 Å². The summed E-state index contributed by atoms with van der Waals surface area (Å²) in [6.45, 7) is 2.49. The summed E-state index contributed by atoms with van der Waals surface area (Å²) in [4.78, 5) is 0. The molecule has 108 valence electrons. The number of allylic oxidation sites excluding steroid dienone is 1. The van der Waals surface area contributed by atoms with Crippen LogP contribution in [0.15, 0.2) is 11.6 Å². The Morgan fingerprint density at radius 3 is 3.05 bits per heavy atom. The fraction of sp³-hybridized carbons (Fsp3) is 0.875. The highest BCUT2D eigenvalue weighted by Crippen LogP contribution is 2.38. The third kappa shape index (κ3) is 3.21. The van der Waals surface area contributed by atoms with Crippen molar-refractivity contribution in [1.82, 2.24) is 0 Å². The molecule has 0 bridgehead atoms. The predicted octanol–water partition coefficient (Wildman–Crippen LogP) is 2.79. The normalized spacial score (nSPS) is 37.3. The molecule has 0 saturated carbocycles. The first kappa shape index (κ1) is 13.6. The zero-order valence-electron chi connectivity index (χ0n) is 11.9. The first-order valence-electron chi connectivity index (χ1n) is 7.93. The van der Waals surface area contributed by atoms with Gasteiger partial charge in [0.05, 0.1) is 12.2 Å². The first-order chi connectivity index (χ1) is 9.27. The van der Waals surface area contributed by atoms with Crippen LogP contribution in [0.25, 0.3) is 0 Å². The van der Waals surface area contributed by atoms with E-state index in [1.54, 1.807) is 5.57 Å². The van der Waals surface area contributed by atoms with Crippen LogP contribution in [0.1, 0.15) is 51.4 Å². The Hall–Kier alpha value is -0.380. The van der Waals surface area contributed by atoms with Crippen molar-refractivity contribution in [1.29, 1.82) is 0 Å². The number of ether oxygens (including phenoxy) is 2. The lowest BCUT2D eigenvalue weighted by Gasteiger charge is -2.39. The Morgan fingerprint density at radius 2 is 2.32 bits per heavy atom. The minimum Gasteiger partial charge on any atom is -0.378 e. The van der Waals surface area contributed by atoms with Gasteiger partial charge in [-0.05, 0) is 50.9 Å². The highest BCUT2D eigenvalue weighted by Gasteiger charge is 2.42. The van der Waals surface area contributed by atoms with E-state index in [0.717, 1.165) is 45.5 Å². The van der Waals surface area contributed by atoms with Crippen molar-refractivity contribution in [2.24, 2.45) is 11.7 Å². The van der Waals surface area contributed by atoms with E-state index in [0.29, 0.717) is 12.0 Å². The van der Waals surface area contributed by atoms with E-state index in [1.165, 1.54) is 25.7 Å². The standard InChI is InChI=1S/C16H27NO2/c17-15(10-13-4-2-1-3-5-13)14-6-8-19-16(11-14)7-9-18-12-16/h4,14-15H,1-3,5-12,17H2.